The zero-order chi connectivity index (χ0) is 27.6. The Kier molecular flexibility index (Phi) is 7.11. The number of amides is 1. The number of carbonyl (C=O) groups excluding carboxylic acids is 2. The smallest absolute Gasteiger partial charge is 0.309 e. The molecule has 1 N–H and O–H groups in total. The van der Waals surface area contributed by atoms with Gasteiger partial charge in [0.25, 0.3) is 5.91 Å². The number of fused-ring (bicyclic) bond motifs is 1. The van der Waals surface area contributed by atoms with Crippen LogP contribution >= 0.6 is 34.8 Å². The normalized spacial score (nSPS) is 29.5. The van der Waals surface area contributed by atoms with Crippen LogP contribution < -0.4 is 0 Å². The average Bonchev–Trinajstić information content (AvgIpc) is 3.24. The summed E-state index contributed by atoms with van der Waals surface area (Å²) in [4.78, 5) is 40.6. The third-order valence-corrected chi connectivity index (χ3v) is 10.5. The van der Waals surface area contributed by atoms with Gasteiger partial charge in [0, 0.05) is 6.04 Å². The summed E-state index contributed by atoms with van der Waals surface area (Å²) in [5, 5.41) is 14.7. The summed E-state index contributed by atoms with van der Waals surface area (Å²) < 4.78 is 1.64. The number of aromatic nitrogens is 2. The molecular weight excluding hydrogens is 549 g/mol. The number of ketones is 1. The van der Waals surface area contributed by atoms with Gasteiger partial charge in [0.05, 0.1) is 45.4 Å². The van der Waals surface area contributed by atoms with Gasteiger partial charge in [-0.1, -0.05) is 54.7 Å². The van der Waals surface area contributed by atoms with Gasteiger partial charge in [-0.05, 0) is 74.8 Å². The first-order valence-corrected chi connectivity index (χ1v) is 14.2. The molecule has 0 spiro atoms. The molecule has 2 aromatic rings. The SMILES string of the molecule is CC1(C)[C@@H]2C[C@H](N(CC(=O)c3c(Cl)cccc3Cl)C(=O)c3cnn([C@H]4CC[C@](C)(C(=O)O)CC4)c3Cl)C[C@@H]21. The van der Waals surface area contributed by atoms with E-state index in [1.165, 1.54) is 6.20 Å². The van der Waals surface area contributed by atoms with Crippen molar-refractivity contribution in [1.29, 1.82) is 0 Å². The van der Waals surface area contributed by atoms with Gasteiger partial charge in [-0.2, -0.15) is 5.10 Å². The second-order valence-electron chi connectivity index (χ2n) is 12.0. The molecule has 1 heterocycles. The minimum Gasteiger partial charge on any atom is -0.481 e. The van der Waals surface area contributed by atoms with Crippen LogP contribution in [0.4, 0.5) is 0 Å². The zero-order valence-corrected chi connectivity index (χ0v) is 24.0. The quantitative estimate of drug-likeness (QED) is 0.363. The van der Waals surface area contributed by atoms with Crippen LogP contribution in [0, 0.1) is 22.7 Å². The molecule has 1 aromatic heterocycles. The molecule has 0 saturated heterocycles. The fraction of sp³-hybridized carbons (Fsp3) is 0.571. The van der Waals surface area contributed by atoms with Gasteiger partial charge < -0.3 is 10.0 Å². The molecule has 204 valence electrons. The molecule has 38 heavy (non-hydrogen) atoms. The van der Waals surface area contributed by atoms with Crippen molar-refractivity contribution in [2.45, 2.75) is 71.4 Å². The first-order chi connectivity index (χ1) is 17.8. The van der Waals surface area contributed by atoms with Crippen molar-refractivity contribution in [3.63, 3.8) is 0 Å². The molecule has 3 atom stereocenters. The van der Waals surface area contributed by atoms with Crippen LogP contribution in [0.1, 0.15) is 86.1 Å². The van der Waals surface area contributed by atoms with E-state index in [1.807, 2.05) is 0 Å². The molecule has 0 radical (unpaired) electrons. The minimum absolute atomic E-state index is 0.0894. The number of carboxylic acid groups (broad SMARTS) is 1. The van der Waals surface area contributed by atoms with Gasteiger partial charge in [0.2, 0.25) is 0 Å². The number of aliphatic carboxylic acids is 1. The van der Waals surface area contributed by atoms with Crippen LogP contribution in [0.25, 0.3) is 0 Å². The summed E-state index contributed by atoms with van der Waals surface area (Å²) in [5.41, 5.74) is -0.0446. The summed E-state index contributed by atoms with van der Waals surface area (Å²) in [6, 6.07) is 4.71. The highest BCUT2D eigenvalue weighted by Crippen LogP contribution is 2.67. The molecule has 1 amide bonds. The van der Waals surface area contributed by atoms with E-state index in [-0.39, 0.29) is 62.1 Å². The second kappa shape index (κ2) is 9.83. The van der Waals surface area contributed by atoms with E-state index in [4.69, 9.17) is 34.8 Å². The van der Waals surface area contributed by atoms with Gasteiger partial charge in [0.15, 0.2) is 5.78 Å². The Morgan fingerprint density at radius 1 is 1.05 bits per heavy atom. The number of carbonyl (C=O) groups is 3. The fourth-order valence-corrected chi connectivity index (χ4v) is 7.61. The molecule has 1 aromatic carbocycles. The first kappa shape index (κ1) is 27.5. The standard InChI is InChI=1S/C28H32Cl3N3O4/c1-27(2)18-11-16(12-19(18)27)33(14-22(35)23-20(29)5-4-6-21(23)30)25(36)17-13-32-34(24(17)31)15-7-9-28(3,10-8-15)26(37)38/h4-6,13,15-16,18-19H,7-12,14H2,1-3H3,(H,37,38)/t15-,16-,18+,19-,28-. The highest BCUT2D eigenvalue weighted by molar-refractivity contribution is 6.40. The van der Waals surface area contributed by atoms with Gasteiger partial charge in [-0.25, -0.2) is 0 Å². The number of hydrogen-bond acceptors (Lipinski definition) is 4. The van der Waals surface area contributed by atoms with Gasteiger partial charge in [0.1, 0.15) is 5.15 Å². The van der Waals surface area contributed by atoms with E-state index in [0.29, 0.717) is 37.5 Å². The van der Waals surface area contributed by atoms with E-state index in [9.17, 15) is 19.5 Å². The molecule has 10 heteroatoms. The number of hydrogen-bond donors (Lipinski definition) is 1. The van der Waals surface area contributed by atoms with Crippen molar-refractivity contribution in [3.05, 3.63) is 50.7 Å². The molecule has 3 aliphatic rings. The van der Waals surface area contributed by atoms with Crippen molar-refractivity contribution in [2.75, 3.05) is 6.54 Å². The molecule has 3 saturated carbocycles. The van der Waals surface area contributed by atoms with E-state index < -0.39 is 11.4 Å². The third-order valence-electron chi connectivity index (χ3n) is 9.48. The third kappa shape index (κ3) is 4.65. The molecule has 0 bridgehead atoms. The lowest BCUT2D eigenvalue weighted by Gasteiger charge is -2.34. The topological polar surface area (TPSA) is 92.5 Å². The fourth-order valence-electron chi connectivity index (χ4n) is 6.69. The van der Waals surface area contributed by atoms with E-state index in [0.717, 1.165) is 12.8 Å². The van der Waals surface area contributed by atoms with Gasteiger partial charge in [-0.15, -0.1) is 0 Å². The second-order valence-corrected chi connectivity index (χ2v) is 13.2. The van der Waals surface area contributed by atoms with E-state index in [2.05, 4.69) is 18.9 Å². The monoisotopic (exact) mass is 579 g/mol. The molecular formula is C28H32Cl3N3O4. The number of benzene rings is 1. The lowest BCUT2D eigenvalue weighted by molar-refractivity contribution is -0.150. The Hall–Kier alpha value is -2.09. The zero-order valence-electron chi connectivity index (χ0n) is 21.7. The highest BCUT2D eigenvalue weighted by Gasteiger charge is 2.63. The van der Waals surface area contributed by atoms with Crippen LogP contribution in [0.2, 0.25) is 15.2 Å². The van der Waals surface area contributed by atoms with Crippen molar-refractivity contribution in [1.82, 2.24) is 14.7 Å². The Bertz CT molecular complexity index is 1260. The summed E-state index contributed by atoms with van der Waals surface area (Å²) in [6.45, 7) is 6.10. The predicted octanol–water partition coefficient (Wildman–Crippen LogP) is 6.81. The molecule has 7 nitrogen and oxygen atoms in total. The molecule has 3 fully saturated rings. The maximum atomic E-state index is 14.0. The lowest BCUT2D eigenvalue weighted by Crippen LogP contribution is -2.43. The summed E-state index contributed by atoms with van der Waals surface area (Å²) in [6.07, 6.45) is 5.34. The Morgan fingerprint density at radius 3 is 2.18 bits per heavy atom. The molecule has 5 rings (SSSR count). The molecule has 0 aliphatic heterocycles. The van der Waals surface area contributed by atoms with Crippen LogP contribution in [-0.2, 0) is 4.79 Å². The van der Waals surface area contributed by atoms with Crippen molar-refractivity contribution < 1.29 is 19.5 Å². The minimum atomic E-state index is -0.796. The predicted molar refractivity (Wildman–Crippen MR) is 146 cm³/mol. The average molecular weight is 581 g/mol. The number of halogens is 3. The number of nitrogens with zero attached hydrogens (tertiary/aromatic N) is 3. The summed E-state index contributed by atoms with van der Waals surface area (Å²) in [7, 11) is 0. The van der Waals surface area contributed by atoms with Crippen molar-refractivity contribution in [2.24, 2.45) is 22.7 Å². The van der Waals surface area contributed by atoms with Gasteiger partial charge >= 0.3 is 5.97 Å². The van der Waals surface area contributed by atoms with Crippen LogP contribution in [0.5, 0.6) is 0 Å². The first-order valence-electron chi connectivity index (χ1n) is 13.1. The summed E-state index contributed by atoms with van der Waals surface area (Å²) >= 11 is 19.3. The largest absolute Gasteiger partial charge is 0.481 e. The maximum Gasteiger partial charge on any atom is 0.309 e. The molecule has 3 aliphatic carbocycles. The number of rotatable bonds is 7. The maximum absolute atomic E-state index is 14.0. The van der Waals surface area contributed by atoms with Gasteiger partial charge in [-0.3, -0.25) is 19.1 Å². The van der Waals surface area contributed by atoms with Crippen LogP contribution in [-0.4, -0.2) is 50.0 Å². The van der Waals surface area contributed by atoms with Crippen LogP contribution in [0.15, 0.2) is 24.4 Å². The highest BCUT2D eigenvalue weighted by atomic mass is 35.5. The van der Waals surface area contributed by atoms with E-state index >= 15 is 0 Å². The Labute approximate surface area is 237 Å². The molecule has 0 unspecified atom stereocenters. The number of Topliss-reactive ketones (excluding diaryl/α,β-unsaturated/α-hetero) is 1. The van der Waals surface area contributed by atoms with Crippen molar-refractivity contribution >= 4 is 52.5 Å². The van der Waals surface area contributed by atoms with Crippen LogP contribution in [0.3, 0.4) is 0 Å². The Morgan fingerprint density at radius 2 is 1.63 bits per heavy atom. The van der Waals surface area contributed by atoms with Crippen molar-refractivity contribution in [3.8, 4) is 0 Å². The number of carboxylic acids is 1. The Balaban J connectivity index is 1.39. The summed E-state index contributed by atoms with van der Waals surface area (Å²) in [5.74, 6) is -0.419. The van der Waals surface area contributed by atoms with E-state index in [1.54, 1.807) is 34.7 Å². The lowest BCUT2D eigenvalue weighted by atomic mass is 9.74.